The first-order chi connectivity index (χ1) is 9.69. The van der Waals surface area contributed by atoms with E-state index >= 15 is 0 Å². The van der Waals surface area contributed by atoms with Crippen LogP contribution < -0.4 is 9.47 Å². The zero-order valence-corrected chi connectivity index (χ0v) is 11.8. The Hall–Kier alpha value is -2.29. The molecule has 0 atom stereocenters. The van der Waals surface area contributed by atoms with Crippen molar-refractivity contribution in [1.82, 2.24) is 0 Å². The molecule has 104 valence electrons. The van der Waals surface area contributed by atoms with Crippen LogP contribution in [0.3, 0.4) is 0 Å². The second-order valence-corrected chi connectivity index (χ2v) is 4.53. The van der Waals surface area contributed by atoms with Crippen molar-refractivity contribution in [3.05, 3.63) is 59.7 Å². The normalized spacial score (nSPS) is 10.1. The summed E-state index contributed by atoms with van der Waals surface area (Å²) in [4.78, 5) is 11.3. The molecule has 3 nitrogen and oxygen atoms in total. The summed E-state index contributed by atoms with van der Waals surface area (Å²) in [6.07, 6.45) is 0.814. The number of benzene rings is 2. The summed E-state index contributed by atoms with van der Waals surface area (Å²) in [5.74, 6) is 1.63. The molecule has 0 spiro atoms. The molecule has 3 heteroatoms. The zero-order chi connectivity index (χ0) is 14.4. The number of carbonyl (C=O) groups is 1. The van der Waals surface area contributed by atoms with E-state index in [0.717, 1.165) is 17.9 Å². The molecule has 0 aliphatic carbocycles. The van der Waals surface area contributed by atoms with Crippen molar-refractivity contribution in [3.8, 4) is 11.5 Å². The molecule has 0 unspecified atom stereocenters. The summed E-state index contributed by atoms with van der Waals surface area (Å²) in [7, 11) is 1.65. The molecular formula is C17H18O3. The van der Waals surface area contributed by atoms with Gasteiger partial charge in [-0.2, -0.15) is 0 Å². The van der Waals surface area contributed by atoms with Crippen LogP contribution in [0.25, 0.3) is 0 Å². The van der Waals surface area contributed by atoms with Crippen LogP contribution in [0.1, 0.15) is 22.8 Å². The van der Waals surface area contributed by atoms with Crippen molar-refractivity contribution < 1.29 is 14.3 Å². The summed E-state index contributed by atoms with van der Waals surface area (Å²) >= 11 is 0. The summed E-state index contributed by atoms with van der Waals surface area (Å²) in [6.45, 7) is 2.13. The summed E-state index contributed by atoms with van der Waals surface area (Å²) in [6, 6.07) is 15.2. The van der Waals surface area contributed by atoms with E-state index in [9.17, 15) is 4.79 Å². The minimum Gasteiger partial charge on any atom is -0.497 e. The van der Waals surface area contributed by atoms with Gasteiger partial charge in [0.15, 0.2) is 5.78 Å². The van der Waals surface area contributed by atoms with Gasteiger partial charge in [-0.1, -0.05) is 24.3 Å². The quantitative estimate of drug-likeness (QED) is 0.753. The third-order valence-electron chi connectivity index (χ3n) is 3.06. The van der Waals surface area contributed by atoms with Gasteiger partial charge in [-0.3, -0.25) is 4.79 Å². The fraction of sp³-hybridized carbons (Fsp3) is 0.235. The standard InChI is InChI=1S/C17H18O3/c1-13(18)15-4-3-5-17(12-15)20-11-10-14-6-8-16(19-2)9-7-14/h3-9,12H,10-11H2,1-2H3. The van der Waals surface area contributed by atoms with Crippen molar-refractivity contribution in [2.45, 2.75) is 13.3 Å². The number of ketones is 1. The second kappa shape index (κ2) is 6.75. The van der Waals surface area contributed by atoms with Crippen molar-refractivity contribution in [1.29, 1.82) is 0 Å². The minimum absolute atomic E-state index is 0.0469. The average Bonchev–Trinajstić information content (AvgIpc) is 2.48. The molecule has 2 aromatic rings. The molecule has 0 radical (unpaired) electrons. The van der Waals surface area contributed by atoms with Crippen LogP contribution in [-0.2, 0) is 6.42 Å². The van der Waals surface area contributed by atoms with Gasteiger partial charge in [0.25, 0.3) is 0 Å². The monoisotopic (exact) mass is 270 g/mol. The average molecular weight is 270 g/mol. The van der Waals surface area contributed by atoms with E-state index in [0.29, 0.717) is 12.2 Å². The first kappa shape index (κ1) is 14.1. The van der Waals surface area contributed by atoms with Crippen LogP contribution in [0.5, 0.6) is 11.5 Å². The molecule has 0 saturated carbocycles. The Bertz CT molecular complexity index is 573. The van der Waals surface area contributed by atoms with Gasteiger partial charge in [-0.05, 0) is 36.8 Å². The van der Waals surface area contributed by atoms with Crippen LogP contribution in [-0.4, -0.2) is 19.5 Å². The van der Waals surface area contributed by atoms with Gasteiger partial charge in [0, 0.05) is 12.0 Å². The maximum absolute atomic E-state index is 11.3. The van der Waals surface area contributed by atoms with Gasteiger partial charge >= 0.3 is 0 Å². The van der Waals surface area contributed by atoms with Gasteiger partial charge in [0.2, 0.25) is 0 Å². The number of rotatable bonds is 6. The van der Waals surface area contributed by atoms with E-state index in [-0.39, 0.29) is 5.78 Å². The number of hydrogen-bond acceptors (Lipinski definition) is 3. The molecule has 0 amide bonds. The van der Waals surface area contributed by atoms with Crippen LogP contribution >= 0.6 is 0 Å². The van der Waals surface area contributed by atoms with E-state index in [2.05, 4.69) is 0 Å². The van der Waals surface area contributed by atoms with E-state index in [4.69, 9.17) is 9.47 Å². The van der Waals surface area contributed by atoms with Crippen molar-refractivity contribution in [3.63, 3.8) is 0 Å². The largest absolute Gasteiger partial charge is 0.497 e. The summed E-state index contributed by atoms with van der Waals surface area (Å²) in [5, 5.41) is 0. The molecule has 0 saturated heterocycles. The van der Waals surface area contributed by atoms with Gasteiger partial charge in [0.1, 0.15) is 11.5 Å². The first-order valence-corrected chi connectivity index (χ1v) is 6.56. The highest BCUT2D eigenvalue weighted by Gasteiger charge is 2.01. The Morgan fingerprint density at radius 1 is 1.05 bits per heavy atom. The van der Waals surface area contributed by atoms with Crippen LogP contribution in [0.2, 0.25) is 0 Å². The van der Waals surface area contributed by atoms with Crippen LogP contribution in [0.15, 0.2) is 48.5 Å². The number of carbonyl (C=O) groups excluding carboxylic acids is 1. The molecule has 0 fully saturated rings. The highest BCUT2D eigenvalue weighted by molar-refractivity contribution is 5.94. The predicted octanol–water partition coefficient (Wildman–Crippen LogP) is 3.52. The zero-order valence-electron chi connectivity index (χ0n) is 11.8. The number of Topliss-reactive ketones (excluding diaryl/α,β-unsaturated/α-hetero) is 1. The molecule has 0 bridgehead atoms. The number of methoxy groups -OCH3 is 1. The maximum Gasteiger partial charge on any atom is 0.159 e. The minimum atomic E-state index is 0.0469. The molecule has 0 N–H and O–H groups in total. The fourth-order valence-electron chi connectivity index (χ4n) is 1.88. The van der Waals surface area contributed by atoms with Gasteiger partial charge < -0.3 is 9.47 Å². The predicted molar refractivity (Wildman–Crippen MR) is 78.6 cm³/mol. The molecule has 0 aromatic heterocycles. The van der Waals surface area contributed by atoms with E-state index < -0.39 is 0 Å². The summed E-state index contributed by atoms with van der Waals surface area (Å²) in [5.41, 5.74) is 1.86. The lowest BCUT2D eigenvalue weighted by Gasteiger charge is -2.07. The van der Waals surface area contributed by atoms with Crippen molar-refractivity contribution in [2.24, 2.45) is 0 Å². The Morgan fingerprint density at radius 3 is 2.45 bits per heavy atom. The number of hydrogen-bond donors (Lipinski definition) is 0. The van der Waals surface area contributed by atoms with Crippen LogP contribution in [0.4, 0.5) is 0 Å². The Balaban J connectivity index is 1.88. The van der Waals surface area contributed by atoms with E-state index in [1.165, 1.54) is 5.56 Å². The Labute approximate surface area is 119 Å². The molecule has 0 heterocycles. The van der Waals surface area contributed by atoms with Crippen molar-refractivity contribution in [2.75, 3.05) is 13.7 Å². The molecular weight excluding hydrogens is 252 g/mol. The van der Waals surface area contributed by atoms with Gasteiger partial charge in [-0.15, -0.1) is 0 Å². The molecule has 0 aliphatic heterocycles. The highest BCUT2D eigenvalue weighted by atomic mass is 16.5. The van der Waals surface area contributed by atoms with Gasteiger partial charge in [0.05, 0.1) is 13.7 Å². The van der Waals surface area contributed by atoms with E-state index in [1.807, 2.05) is 36.4 Å². The Kier molecular flexibility index (Phi) is 4.77. The fourth-order valence-corrected chi connectivity index (χ4v) is 1.88. The third-order valence-corrected chi connectivity index (χ3v) is 3.06. The van der Waals surface area contributed by atoms with Gasteiger partial charge in [-0.25, -0.2) is 0 Å². The van der Waals surface area contributed by atoms with E-state index in [1.54, 1.807) is 26.2 Å². The first-order valence-electron chi connectivity index (χ1n) is 6.56. The second-order valence-electron chi connectivity index (χ2n) is 4.53. The maximum atomic E-state index is 11.3. The third kappa shape index (κ3) is 3.85. The lowest BCUT2D eigenvalue weighted by atomic mass is 10.1. The number of ether oxygens (including phenoxy) is 2. The highest BCUT2D eigenvalue weighted by Crippen LogP contribution is 2.15. The lowest BCUT2D eigenvalue weighted by molar-refractivity contribution is 0.101. The Morgan fingerprint density at radius 2 is 1.80 bits per heavy atom. The van der Waals surface area contributed by atoms with Crippen molar-refractivity contribution >= 4 is 5.78 Å². The summed E-state index contributed by atoms with van der Waals surface area (Å²) < 4.78 is 10.8. The topological polar surface area (TPSA) is 35.5 Å². The lowest BCUT2D eigenvalue weighted by Crippen LogP contribution is -2.02. The SMILES string of the molecule is COc1ccc(CCOc2cccc(C(C)=O)c2)cc1. The molecule has 2 aromatic carbocycles. The molecule has 2 rings (SSSR count). The smallest absolute Gasteiger partial charge is 0.159 e. The van der Waals surface area contributed by atoms with Crippen LogP contribution in [0, 0.1) is 0 Å². The molecule has 0 aliphatic rings. The molecule has 20 heavy (non-hydrogen) atoms.